The Hall–Kier alpha value is -2.24. The van der Waals surface area contributed by atoms with Gasteiger partial charge in [0.25, 0.3) is 0 Å². The third-order valence-corrected chi connectivity index (χ3v) is 4.77. The summed E-state index contributed by atoms with van der Waals surface area (Å²) in [6, 6.07) is 7.79. The molecule has 1 fully saturated rings. The van der Waals surface area contributed by atoms with E-state index in [2.05, 4.69) is 20.3 Å². The highest BCUT2D eigenvalue weighted by Crippen LogP contribution is 2.39. The molecular weight excluding hydrogens is 374 g/mol. The number of hydrogen-bond donors (Lipinski definition) is 1. The van der Waals surface area contributed by atoms with Gasteiger partial charge in [0.05, 0.1) is 11.1 Å². The van der Waals surface area contributed by atoms with E-state index in [-0.39, 0.29) is 10.7 Å². The van der Waals surface area contributed by atoms with Crippen LogP contribution >= 0.6 is 23.2 Å². The summed E-state index contributed by atoms with van der Waals surface area (Å²) in [5, 5.41) is 4.01. The average molecular weight is 389 g/mol. The Kier molecular flexibility index (Phi) is 4.74. The summed E-state index contributed by atoms with van der Waals surface area (Å²) in [4.78, 5) is 12.9. The monoisotopic (exact) mass is 388 g/mol. The standard InChI is InChI=1S/C19H15Cl2FN4/c20-14-5-3-12(4-6-14)17(18-16(22)7-15(21)10-23-18)26-19-24-8-13(9-25-19)11-1-2-11/h3-11,17H,1-2H2,(H,24,25,26)/t17-/m0/s1. The molecule has 7 heteroatoms. The molecule has 4 nitrogen and oxygen atoms in total. The summed E-state index contributed by atoms with van der Waals surface area (Å²) >= 11 is 11.8. The summed E-state index contributed by atoms with van der Waals surface area (Å²) in [5.41, 5.74) is 2.14. The van der Waals surface area contributed by atoms with Crippen LogP contribution < -0.4 is 5.32 Å². The number of rotatable bonds is 5. The molecule has 132 valence electrons. The first-order valence-corrected chi connectivity index (χ1v) is 9.00. The molecule has 0 amide bonds. The smallest absolute Gasteiger partial charge is 0.223 e. The predicted octanol–water partition coefficient (Wildman–Crippen LogP) is 5.40. The minimum absolute atomic E-state index is 0.214. The fourth-order valence-corrected chi connectivity index (χ4v) is 3.04. The van der Waals surface area contributed by atoms with Gasteiger partial charge in [-0.3, -0.25) is 4.98 Å². The number of aromatic nitrogens is 3. The van der Waals surface area contributed by atoms with Crippen LogP contribution in [0.2, 0.25) is 10.0 Å². The van der Waals surface area contributed by atoms with Crippen LogP contribution in [0.5, 0.6) is 0 Å². The highest BCUT2D eigenvalue weighted by Gasteiger charge is 2.25. The lowest BCUT2D eigenvalue weighted by molar-refractivity contribution is 0.591. The van der Waals surface area contributed by atoms with Crippen molar-refractivity contribution in [3.8, 4) is 0 Å². The molecule has 1 aliphatic carbocycles. The molecule has 0 unspecified atom stereocenters. The van der Waals surface area contributed by atoms with Crippen LogP contribution in [0.1, 0.15) is 41.6 Å². The van der Waals surface area contributed by atoms with Crippen LogP contribution in [0.4, 0.5) is 10.3 Å². The zero-order chi connectivity index (χ0) is 18.1. The quantitative estimate of drug-likeness (QED) is 0.635. The zero-order valence-electron chi connectivity index (χ0n) is 13.7. The summed E-state index contributed by atoms with van der Waals surface area (Å²) < 4.78 is 14.5. The second kappa shape index (κ2) is 7.17. The molecule has 1 atom stereocenters. The number of benzene rings is 1. The van der Waals surface area contributed by atoms with E-state index in [1.54, 1.807) is 12.1 Å². The maximum absolute atomic E-state index is 14.5. The van der Waals surface area contributed by atoms with E-state index in [9.17, 15) is 4.39 Å². The fourth-order valence-electron chi connectivity index (χ4n) is 2.77. The maximum Gasteiger partial charge on any atom is 0.223 e. The molecule has 2 aromatic heterocycles. The molecule has 2 heterocycles. The van der Waals surface area contributed by atoms with Gasteiger partial charge in [0.1, 0.15) is 11.5 Å². The van der Waals surface area contributed by atoms with Gasteiger partial charge in [0.2, 0.25) is 5.95 Å². The largest absolute Gasteiger partial charge is 0.342 e. The van der Waals surface area contributed by atoms with Crippen molar-refractivity contribution in [3.05, 3.63) is 81.6 Å². The summed E-state index contributed by atoms with van der Waals surface area (Å²) in [7, 11) is 0. The Labute approximate surface area is 160 Å². The molecular formula is C19H15Cl2FN4. The van der Waals surface area contributed by atoms with Crippen LogP contribution in [0.3, 0.4) is 0 Å². The molecule has 0 bridgehead atoms. The summed E-state index contributed by atoms with van der Waals surface area (Å²) in [6.45, 7) is 0. The van der Waals surface area contributed by atoms with Crippen LogP contribution in [-0.4, -0.2) is 15.0 Å². The molecule has 0 aliphatic heterocycles. The summed E-state index contributed by atoms with van der Waals surface area (Å²) in [6.07, 6.45) is 7.42. The van der Waals surface area contributed by atoms with Crippen LogP contribution in [0.15, 0.2) is 48.9 Å². The third-order valence-electron chi connectivity index (χ3n) is 4.31. The Morgan fingerprint density at radius 2 is 1.65 bits per heavy atom. The zero-order valence-corrected chi connectivity index (χ0v) is 15.2. The third kappa shape index (κ3) is 3.79. The highest BCUT2D eigenvalue weighted by molar-refractivity contribution is 6.30. The number of halogens is 3. The minimum atomic E-state index is -0.573. The minimum Gasteiger partial charge on any atom is -0.342 e. The van der Waals surface area contributed by atoms with Crippen molar-refractivity contribution in [1.29, 1.82) is 0 Å². The second-order valence-corrected chi connectivity index (χ2v) is 7.14. The van der Waals surface area contributed by atoms with E-state index < -0.39 is 11.9 Å². The van der Waals surface area contributed by atoms with Gasteiger partial charge in [-0.2, -0.15) is 0 Å². The lowest BCUT2D eigenvalue weighted by Crippen LogP contribution is -2.17. The molecule has 26 heavy (non-hydrogen) atoms. The van der Waals surface area contributed by atoms with Crippen LogP contribution in [0.25, 0.3) is 0 Å². The maximum atomic E-state index is 14.5. The number of nitrogens with one attached hydrogen (secondary N) is 1. The SMILES string of the molecule is Fc1cc(Cl)cnc1[C@@H](Nc1ncc(C2CC2)cn1)c1ccc(Cl)cc1. The molecule has 1 aromatic carbocycles. The molecule has 1 N–H and O–H groups in total. The number of nitrogens with zero attached hydrogens (tertiary/aromatic N) is 3. The van der Waals surface area contributed by atoms with Crippen molar-refractivity contribution in [3.63, 3.8) is 0 Å². The highest BCUT2D eigenvalue weighted by atomic mass is 35.5. The van der Waals surface area contributed by atoms with E-state index in [4.69, 9.17) is 23.2 Å². The Bertz CT molecular complexity index is 912. The van der Waals surface area contributed by atoms with E-state index in [1.165, 1.54) is 25.1 Å². The van der Waals surface area contributed by atoms with E-state index >= 15 is 0 Å². The second-order valence-electron chi connectivity index (χ2n) is 6.26. The lowest BCUT2D eigenvalue weighted by Gasteiger charge is -2.19. The molecule has 1 saturated carbocycles. The molecule has 0 saturated heterocycles. The van der Waals surface area contributed by atoms with Gasteiger partial charge in [0.15, 0.2) is 0 Å². The summed E-state index contributed by atoms with van der Waals surface area (Å²) in [5.74, 6) is 0.483. The molecule has 1 aliphatic rings. The van der Waals surface area contributed by atoms with Gasteiger partial charge >= 0.3 is 0 Å². The van der Waals surface area contributed by atoms with E-state index in [0.717, 1.165) is 11.1 Å². The van der Waals surface area contributed by atoms with Gasteiger partial charge in [-0.15, -0.1) is 0 Å². The van der Waals surface area contributed by atoms with Crippen molar-refractivity contribution in [2.24, 2.45) is 0 Å². The van der Waals surface area contributed by atoms with E-state index in [1.807, 2.05) is 24.5 Å². The first-order valence-electron chi connectivity index (χ1n) is 8.25. The van der Waals surface area contributed by atoms with Gasteiger partial charge in [-0.25, -0.2) is 14.4 Å². The number of pyridine rings is 1. The van der Waals surface area contributed by atoms with Gasteiger partial charge in [-0.05, 0) is 48.1 Å². The molecule has 0 spiro atoms. The molecule has 4 rings (SSSR count). The Morgan fingerprint density at radius 3 is 2.27 bits per heavy atom. The average Bonchev–Trinajstić information content (AvgIpc) is 3.47. The fraction of sp³-hybridized carbons (Fsp3) is 0.211. The van der Waals surface area contributed by atoms with Gasteiger partial charge in [0, 0.05) is 23.6 Å². The topological polar surface area (TPSA) is 50.7 Å². The predicted molar refractivity (Wildman–Crippen MR) is 100 cm³/mol. The normalized spacial score (nSPS) is 14.9. The van der Waals surface area contributed by atoms with Crippen molar-refractivity contribution in [2.45, 2.75) is 24.8 Å². The van der Waals surface area contributed by atoms with Gasteiger partial charge < -0.3 is 5.32 Å². The Morgan fingerprint density at radius 1 is 0.962 bits per heavy atom. The van der Waals surface area contributed by atoms with Crippen molar-refractivity contribution >= 4 is 29.2 Å². The molecule has 3 aromatic rings. The number of anilines is 1. The Balaban J connectivity index is 1.68. The first kappa shape index (κ1) is 17.2. The van der Waals surface area contributed by atoms with Crippen molar-refractivity contribution in [2.75, 3.05) is 5.32 Å². The lowest BCUT2D eigenvalue weighted by atomic mass is 10.0. The van der Waals surface area contributed by atoms with Gasteiger partial charge in [-0.1, -0.05) is 35.3 Å². The van der Waals surface area contributed by atoms with Crippen molar-refractivity contribution < 1.29 is 4.39 Å². The molecule has 0 radical (unpaired) electrons. The van der Waals surface area contributed by atoms with E-state index in [0.29, 0.717) is 16.9 Å². The van der Waals surface area contributed by atoms with Crippen molar-refractivity contribution in [1.82, 2.24) is 15.0 Å². The number of hydrogen-bond acceptors (Lipinski definition) is 4. The van der Waals surface area contributed by atoms with Crippen LogP contribution in [-0.2, 0) is 0 Å². The van der Waals surface area contributed by atoms with Crippen LogP contribution in [0, 0.1) is 5.82 Å². The first-order chi connectivity index (χ1) is 12.6.